The van der Waals surface area contributed by atoms with E-state index in [9.17, 15) is 9.59 Å². The largest absolute Gasteiger partial charge is 0.333 e. The SMILES string of the molecule is Cc1ccsc1/C=C/C(=O)N(C)CC(=O)Nc1ccccc1Br. The molecule has 23 heavy (non-hydrogen) atoms. The first kappa shape index (κ1) is 17.4. The van der Waals surface area contributed by atoms with Crippen molar-refractivity contribution in [1.29, 1.82) is 0 Å². The van der Waals surface area contributed by atoms with Crippen molar-refractivity contribution in [1.82, 2.24) is 4.90 Å². The van der Waals surface area contributed by atoms with Gasteiger partial charge in [0.05, 0.1) is 12.2 Å². The fraction of sp³-hybridized carbons (Fsp3) is 0.176. The summed E-state index contributed by atoms with van der Waals surface area (Å²) in [5.41, 5.74) is 1.82. The summed E-state index contributed by atoms with van der Waals surface area (Å²) in [7, 11) is 1.60. The van der Waals surface area contributed by atoms with Crippen LogP contribution in [0.5, 0.6) is 0 Å². The van der Waals surface area contributed by atoms with Gasteiger partial charge in [-0.15, -0.1) is 11.3 Å². The first-order valence-electron chi connectivity index (χ1n) is 6.99. The molecule has 0 bridgehead atoms. The van der Waals surface area contributed by atoms with E-state index in [4.69, 9.17) is 0 Å². The number of nitrogens with one attached hydrogen (secondary N) is 1. The molecule has 1 aromatic heterocycles. The maximum Gasteiger partial charge on any atom is 0.246 e. The smallest absolute Gasteiger partial charge is 0.246 e. The van der Waals surface area contributed by atoms with Crippen molar-refractivity contribution in [2.75, 3.05) is 18.9 Å². The monoisotopic (exact) mass is 392 g/mol. The van der Waals surface area contributed by atoms with Crippen molar-refractivity contribution in [2.45, 2.75) is 6.92 Å². The topological polar surface area (TPSA) is 49.4 Å². The second-order valence-electron chi connectivity index (χ2n) is 5.02. The van der Waals surface area contributed by atoms with E-state index in [2.05, 4.69) is 21.2 Å². The van der Waals surface area contributed by atoms with Crippen molar-refractivity contribution in [3.63, 3.8) is 0 Å². The average molecular weight is 393 g/mol. The van der Waals surface area contributed by atoms with Crippen LogP contribution < -0.4 is 5.32 Å². The molecule has 0 fully saturated rings. The third-order valence-electron chi connectivity index (χ3n) is 3.18. The van der Waals surface area contributed by atoms with E-state index in [1.54, 1.807) is 30.5 Å². The Morgan fingerprint density at radius 2 is 2.04 bits per heavy atom. The average Bonchev–Trinajstić information content (AvgIpc) is 2.92. The number of thiophene rings is 1. The van der Waals surface area contributed by atoms with Crippen LogP contribution in [0.25, 0.3) is 6.08 Å². The molecule has 0 radical (unpaired) electrons. The zero-order valence-corrected chi connectivity index (χ0v) is 15.3. The number of amides is 2. The quantitative estimate of drug-likeness (QED) is 0.783. The van der Waals surface area contributed by atoms with Crippen LogP contribution in [-0.2, 0) is 9.59 Å². The lowest BCUT2D eigenvalue weighted by molar-refractivity contribution is -0.129. The van der Waals surface area contributed by atoms with Gasteiger partial charge in [0, 0.05) is 22.5 Å². The van der Waals surface area contributed by atoms with Crippen molar-refractivity contribution in [3.05, 3.63) is 56.7 Å². The van der Waals surface area contributed by atoms with Gasteiger partial charge in [-0.25, -0.2) is 0 Å². The first-order valence-corrected chi connectivity index (χ1v) is 8.66. The molecule has 6 heteroatoms. The molecular formula is C17H17BrN2O2S. The first-order chi connectivity index (χ1) is 11.0. The number of halogens is 1. The number of likely N-dealkylation sites (N-methyl/N-ethyl adjacent to an activating group) is 1. The van der Waals surface area contributed by atoms with Crippen LogP contribution in [0, 0.1) is 6.92 Å². The summed E-state index contributed by atoms with van der Waals surface area (Å²) in [5, 5.41) is 4.75. The Labute approximate surface area is 147 Å². The highest BCUT2D eigenvalue weighted by molar-refractivity contribution is 9.10. The molecule has 0 saturated carbocycles. The molecule has 4 nitrogen and oxygen atoms in total. The van der Waals surface area contributed by atoms with E-state index in [1.807, 2.05) is 36.6 Å². The van der Waals surface area contributed by atoms with E-state index in [1.165, 1.54) is 11.0 Å². The number of nitrogens with zero attached hydrogens (tertiary/aromatic N) is 1. The van der Waals surface area contributed by atoms with Crippen LogP contribution in [0.1, 0.15) is 10.4 Å². The molecule has 0 aliphatic carbocycles. The normalized spacial score (nSPS) is 10.7. The Balaban J connectivity index is 1.90. The lowest BCUT2D eigenvalue weighted by Gasteiger charge is -2.15. The zero-order valence-electron chi connectivity index (χ0n) is 12.9. The van der Waals surface area contributed by atoms with Gasteiger partial charge < -0.3 is 10.2 Å². The summed E-state index contributed by atoms with van der Waals surface area (Å²) in [6, 6.07) is 9.34. The minimum atomic E-state index is -0.242. The summed E-state index contributed by atoms with van der Waals surface area (Å²) in [5.74, 6) is -0.450. The van der Waals surface area contributed by atoms with Crippen LogP contribution in [0.15, 0.2) is 46.3 Å². The standard InChI is InChI=1S/C17H17BrN2O2S/c1-12-9-10-23-15(12)7-8-17(22)20(2)11-16(21)19-14-6-4-3-5-13(14)18/h3-10H,11H2,1-2H3,(H,19,21)/b8-7+. The number of carbonyl (C=O) groups is 2. The number of hydrogen-bond acceptors (Lipinski definition) is 3. The predicted molar refractivity (Wildman–Crippen MR) is 98.5 cm³/mol. The van der Waals surface area contributed by atoms with E-state index >= 15 is 0 Å². The van der Waals surface area contributed by atoms with Gasteiger partial charge in [0.2, 0.25) is 11.8 Å². The van der Waals surface area contributed by atoms with Gasteiger partial charge in [-0.2, -0.15) is 0 Å². The number of para-hydroxylation sites is 1. The summed E-state index contributed by atoms with van der Waals surface area (Å²) >= 11 is 4.95. The maximum absolute atomic E-state index is 12.1. The number of rotatable bonds is 5. The van der Waals surface area contributed by atoms with Crippen molar-refractivity contribution in [2.24, 2.45) is 0 Å². The molecule has 1 aromatic carbocycles. The molecule has 1 heterocycles. The van der Waals surface area contributed by atoms with Crippen LogP contribution >= 0.6 is 27.3 Å². The van der Waals surface area contributed by atoms with Gasteiger partial charge in [-0.05, 0) is 58.1 Å². The molecule has 0 aliphatic heterocycles. The van der Waals surface area contributed by atoms with Crippen LogP contribution in [0.4, 0.5) is 5.69 Å². The molecular weight excluding hydrogens is 376 g/mol. The van der Waals surface area contributed by atoms with Crippen molar-refractivity contribution < 1.29 is 9.59 Å². The van der Waals surface area contributed by atoms with Crippen molar-refractivity contribution >= 4 is 50.8 Å². The minimum absolute atomic E-state index is 0.00602. The van der Waals surface area contributed by atoms with Crippen LogP contribution in [0.2, 0.25) is 0 Å². The Morgan fingerprint density at radius 1 is 1.30 bits per heavy atom. The maximum atomic E-state index is 12.1. The minimum Gasteiger partial charge on any atom is -0.333 e. The number of benzene rings is 1. The van der Waals surface area contributed by atoms with Crippen molar-refractivity contribution in [3.8, 4) is 0 Å². The highest BCUT2D eigenvalue weighted by Crippen LogP contribution is 2.21. The van der Waals surface area contributed by atoms with Crippen LogP contribution in [-0.4, -0.2) is 30.3 Å². The number of anilines is 1. The lowest BCUT2D eigenvalue weighted by atomic mass is 10.2. The second kappa shape index (κ2) is 8.08. The fourth-order valence-corrected chi connectivity index (χ4v) is 3.08. The molecule has 2 amide bonds. The lowest BCUT2D eigenvalue weighted by Crippen LogP contribution is -2.33. The summed E-state index contributed by atoms with van der Waals surface area (Å²) < 4.78 is 0.801. The van der Waals surface area contributed by atoms with E-state index in [0.29, 0.717) is 5.69 Å². The molecule has 120 valence electrons. The molecule has 0 atom stereocenters. The highest BCUT2D eigenvalue weighted by atomic mass is 79.9. The predicted octanol–water partition coefficient (Wildman–Crippen LogP) is 3.93. The zero-order chi connectivity index (χ0) is 16.8. The molecule has 0 aliphatic rings. The fourth-order valence-electron chi connectivity index (χ4n) is 1.88. The van der Waals surface area contributed by atoms with E-state index < -0.39 is 0 Å². The van der Waals surface area contributed by atoms with E-state index in [0.717, 1.165) is 14.9 Å². The molecule has 0 spiro atoms. The number of aryl methyl sites for hydroxylation is 1. The Morgan fingerprint density at radius 3 is 2.70 bits per heavy atom. The third kappa shape index (κ3) is 5.04. The highest BCUT2D eigenvalue weighted by Gasteiger charge is 2.11. The summed E-state index contributed by atoms with van der Waals surface area (Å²) in [4.78, 5) is 26.5. The molecule has 0 saturated heterocycles. The van der Waals surface area contributed by atoms with Gasteiger partial charge in [-0.3, -0.25) is 9.59 Å². The number of carbonyl (C=O) groups excluding carboxylic acids is 2. The summed E-state index contributed by atoms with van der Waals surface area (Å²) in [6.45, 7) is 1.99. The summed E-state index contributed by atoms with van der Waals surface area (Å²) in [6.07, 6.45) is 3.27. The van der Waals surface area contributed by atoms with E-state index in [-0.39, 0.29) is 18.4 Å². The molecule has 2 rings (SSSR count). The second-order valence-corrected chi connectivity index (χ2v) is 6.83. The van der Waals surface area contributed by atoms with Gasteiger partial charge in [0.15, 0.2) is 0 Å². The molecule has 2 aromatic rings. The molecule has 0 unspecified atom stereocenters. The van der Waals surface area contributed by atoms with Gasteiger partial charge in [0.25, 0.3) is 0 Å². The van der Waals surface area contributed by atoms with Crippen LogP contribution in [0.3, 0.4) is 0 Å². The Hall–Kier alpha value is -1.92. The third-order valence-corrected chi connectivity index (χ3v) is 4.86. The van der Waals surface area contributed by atoms with Gasteiger partial charge >= 0.3 is 0 Å². The number of hydrogen-bond donors (Lipinski definition) is 1. The Kier molecular flexibility index (Phi) is 6.12. The Bertz CT molecular complexity index is 740. The van der Waals surface area contributed by atoms with Gasteiger partial charge in [0.1, 0.15) is 0 Å². The molecule has 1 N–H and O–H groups in total. The van der Waals surface area contributed by atoms with Gasteiger partial charge in [-0.1, -0.05) is 12.1 Å².